The molecule has 4 amide bonds. The molecular formula is C21H38N6O8. The average Bonchev–Trinajstić information content (AvgIpc) is 2.78. The largest absolute Gasteiger partial charge is 0.481 e. The molecule has 0 aliphatic carbocycles. The number of nitrogens with two attached hydrogens (primary N) is 3. The SMILES string of the molecule is CCC(C)C(N)C(=O)NC(CC(N)=O)C(=O)NC(CCCCN)C(=O)NC(CCC(=O)O)C(=O)O. The maximum absolute atomic E-state index is 12.9. The number of unbranched alkanes of at least 4 members (excludes halogenated alkanes) is 1. The first-order chi connectivity index (χ1) is 16.3. The van der Waals surface area contributed by atoms with Crippen LogP contribution in [0.25, 0.3) is 0 Å². The molecule has 0 saturated carbocycles. The number of nitrogens with one attached hydrogen (secondary N) is 3. The smallest absolute Gasteiger partial charge is 0.326 e. The van der Waals surface area contributed by atoms with Crippen LogP contribution in [0.3, 0.4) is 0 Å². The van der Waals surface area contributed by atoms with E-state index < -0.39 is 72.6 Å². The summed E-state index contributed by atoms with van der Waals surface area (Å²) in [6.45, 7) is 3.89. The van der Waals surface area contributed by atoms with E-state index in [1.165, 1.54) is 0 Å². The Morgan fingerprint density at radius 1 is 0.829 bits per heavy atom. The first-order valence-corrected chi connectivity index (χ1v) is 11.4. The van der Waals surface area contributed by atoms with Crippen LogP contribution >= 0.6 is 0 Å². The van der Waals surface area contributed by atoms with E-state index in [2.05, 4.69) is 16.0 Å². The standard InChI is InChI=1S/C21H38N6O8/c1-3-11(2)17(24)20(33)27-14(10-15(23)28)19(32)25-12(6-4-5-9-22)18(31)26-13(21(34)35)7-8-16(29)30/h11-14,17H,3-10,22,24H2,1-2H3,(H2,23,28)(H,25,32)(H,26,31)(H,27,33)(H,29,30)(H,34,35). The number of hydrogen-bond acceptors (Lipinski definition) is 8. The molecule has 0 saturated heterocycles. The van der Waals surface area contributed by atoms with Gasteiger partial charge >= 0.3 is 11.9 Å². The van der Waals surface area contributed by atoms with Crippen LogP contribution in [0.5, 0.6) is 0 Å². The van der Waals surface area contributed by atoms with Crippen LogP contribution < -0.4 is 33.2 Å². The molecule has 0 spiro atoms. The van der Waals surface area contributed by atoms with Crippen LogP contribution in [-0.4, -0.2) is 76.5 Å². The highest BCUT2D eigenvalue weighted by molar-refractivity contribution is 5.96. The zero-order valence-electron chi connectivity index (χ0n) is 20.1. The molecule has 0 bridgehead atoms. The van der Waals surface area contributed by atoms with Crippen LogP contribution in [0, 0.1) is 5.92 Å². The molecule has 0 aromatic heterocycles. The lowest BCUT2D eigenvalue weighted by atomic mass is 9.98. The van der Waals surface area contributed by atoms with Gasteiger partial charge < -0.3 is 43.4 Å². The van der Waals surface area contributed by atoms with E-state index in [4.69, 9.17) is 22.3 Å². The highest BCUT2D eigenvalue weighted by atomic mass is 16.4. The highest BCUT2D eigenvalue weighted by Gasteiger charge is 2.31. The second kappa shape index (κ2) is 16.4. The lowest BCUT2D eigenvalue weighted by molar-refractivity contribution is -0.143. The van der Waals surface area contributed by atoms with Crippen LogP contribution in [0.4, 0.5) is 0 Å². The quantitative estimate of drug-likeness (QED) is 0.0935. The topological polar surface area (TPSA) is 257 Å². The van der Waals surface area contributed by atoms with Crippen molar-refractivity contribution in [1.82, 2.24) is 16.0 Å². The Bertz CT molecular complexity index is 762. The summed E-state index contributed by atoms with van der Waals surface area (Å²) in [4.78, 5) is 71.8. The first-order valence-electron chi connectivity index (χ1n) is 11.4. The maximum Gasteiger partial charge on any atom is 0.326 e. The summed E-state index contributed by atoms with van der Waals surface area (Å²) in [6.07, 6.45) is 0.150. The predicted molar refractivity (Wildman–Crippen MR) is 124 cm³/mol. The van der Waals surface area contributed by atoms with Crippen molar-refractivity contribution in [1.29, 1.82) is 0 Å². The third kappa shape index (κ3) is 12.7. The Balaban J connectivity index is 5.58. The zero-order valence-corrected chi connectivity index (χ0v) is 20.1. The van der Waals surface area contributed by atoms with Crippen molar-refractivity contribution >= 4 is 35.6 Å². The monoisotopic (exact) mass is 502 g/mol. The molecule has 5 unspecified atom stereocenters. The van der Waals surface area contributed by atoms with Crippen molar-refractivity contribution in [2.75, 3.05) is 6.54 Å². The van der Waals surface area contributed by atoms with Gasteiger partial charge in [-0.25, -0.2) is 4.79 Å². The lowest BCUT2D eigenvalue weighted by Crippen LogP contribution is -2.58. The third-order valence-corrected chi connectivity index (χ3v) is 5.44. The second-order valence-electron chi connectivity index (χ2n) is 8.32. The number of carbonyl (C=O) groups excluding carboxylic acids is 4. The molecule has 14 heteroatoms. The van der Waals surface area contributed by atoms with Crippen LogP contribution in [0.2, 0.25) is 0 Å². The molecule has 5 atom stereocenters. The van der Waals surface area contributed by atoms with Gasteiger partial charge in [0.15, 0.2) is 0 Å². The van der Waals surface area contributed by atoms with Gasteiger partial charge in [0.05, 0.1) is 12.5 Å². The number of carbonyl (C=O) groups is 6. The van der Waals surface area contributed by atoms with Gasteiger partial charge in [-0.2, -0.15) is 0 Å². The van der Waals surface area contributed by atoms with E-state index in [0.717, 1.165) is 0 Å². The number of hydrogen-bond donors (Lipinski definition) is 8. The van der Waals surface area contributed by atoms with E-state index in [-0.39, 0.29) is 18.8 Å². The number of primary amides is 1. The Labute approximate surface area is 203 Å². The molecule has 35 heavy (non-hydrogen) atoms. The van der Waals surface area contributed by atoms with Crippen LogP contribution in [-0.2, 0) is 28.8 Å². The Morgan fingerprint density at radius 2 is 1.37 bits per heavy atom. The average molecular weight is 503 g/mol. The molecule has 0 aliphatic rings. The normalized spacial score (nSPS) is 15.1. The Hall–Kier alpha value is -3.26. The Kier molecular flexibility index (Phi) is 14.9. The van der Waals surface area contributed by atoms with Gasteiger partial charge in [0.25, 0.3) is 0 Å². The molecule has 0 heterocycles. The molecule has 0 aromatic carbocycles. The van der Waals surface area contributed by atoms with E-state index in [0.29, 0.717) is 25.8 Å². The number of carboxylic acids is 2. The van der Waals surface area contributed by atoms with Gasteiger partial charge in [-0.1, -0.05) is 20.3 Å². The number of rotatable bonds is 18. The zero-order chi connectivity index (χ0) is 27.1. The summed E-state index contributed by atoms with van der Waals surface area (Å²) in [5, 5.41) is 25.1. The van der Waals surface area contributed by atoms with Crippen LogP contribution in [0.1, 0.15) is 58.8 Å². The van der Waals surface area contributed by atoms with Crippen molar-refractivity contribution in [3.05, 3.63) is 0 Å². The molecule has 200 valence electrons. The minimum Gasteiger partial charge on any atom is -0.481 e. The maximum atomic E-state index is 12.9. The van der Waals surface area contributed by atoms with E-state index in [1.54, 1.807) is 6.92 Å². The minimum absolute atomic E-state index is 0.0731. The number of aliphatic carboxylic acids is 2. The van der Waals surface area contributed by atoms with Gasteiger partial charge in [0.2, 0.25) is 23.6 Å². The molecular weight excluding hydrogens is 464 g/mol. The van der Waals surface area contributed by atoms with E-state index in [1.807, 2.05) is 6.92 Å². The summed E-state index contributed by atoms with van der Waals surface area (Å²) >= 11 is 0. The first kappa shape index (κ1) is 31.7. The van der Waals surface area contributed by atoms with Crippen molar-refractivity contribution in [3.8, 4) is 0 Å². The van der Waals surface area contributed by atoms with Crippen molar-refractivity contribution in [2.24, 2.45) is 23.1 Å². The van der Waals surface area contributed by atoms with Gasteiger partial charge in [-0.05, 0) is 38.1 Å². The molecule has 0 aromatic rings. The fourth-order valence-corrected chi connectivity index (χ4v) is 3.02. The summed E-state index contributed by atoms with van der Waals surface area (Å²) < 4.78 is 0. The highest BCUT2D eigenvalue weighted by Crippen LogP contribution is 2.08. The van der Waals surface area contributed by atoms with Gasteiger partial charge in [-0.15, -0.1) is 0 Å². The summed E-state index contributed by atoms with van der Waals surface area (Å²) in [5.41, 5.74) is 16.6. The summed E-state index contributed by atoms with van der Waals surface area (Å²) in [6, 6.07) is -5.10. The molecule has 0 radical (unpaired) electrons. The van der Waals surface area contributed by atoms with Gasteiger partial charge in [-0.3, -0.25) is 24.0 Å². The molecule has 11 N–H and O–H groups in total. The predicted octanol–water partition coefficient (Wildman–Crippen LogP) is -2.23. The third-order valence-electron chi connectivity index (χ3n) is 5.44. The molecule has 0 rings (SSSR count). The number of amides is 4. The van der Waals surface area contributed by atoms with Gasteiger partial charge in [0.1, 0.15) is 18.1 Å². The fraction of sp³-hybridized carbons (Fsp3) is 0.714. The fourth-order valence-electron chi connectivity index (χ4n) is 3.02. The van der Waals surface area contributed by atoms with Gasteiger partial charge in [0, 0.05) is 6.42 Å². The lowest BCUT2D eigenvalue weighted by Gasteiger charge is -2.25. The molecule has 14 nitrogen and oxygen atoms in total. The van der Waals surface area contributed by atoms with E-state index >= 15 is 0 Å². The summed E-state index contributed by atoms with van der Waals surface area (Å²) in [7, 11) is 0. The Morgan fingerprint density at radius 3 is 1.86 bits per heavy atom. The van der Waals surface area contributed by atoms with Crippen molar-refractivity contribution in [3.63, 3.8) is 0 Å². The van der Waals surface area contributed by atoms with Crippen molar-refractivity contribution in [2.45, 2.75) is 83.0 Å². The van der Waals surface area contributed by atoms with E-state index in [9.17, 15) is 33.9 Å². The number of carboxylic acid groups (broad SMARTS) is 2. The summed E-state index contributed by atoms with van der Waals surface area (Å²) in [5.74, 6) is -6.20. The second-order valence-corrected chi connectivity index (χ2v) is 8.32. The molecule has 0 fully saturated rings. The van der Waals surface area contributed by atoms with Crippen LogP contribution in [0.15, 0.2) is 0 Å². The minimum atomic E-state index is -1.50. The van der Waals surface area contributed by atoms with Crippen molar-refractivity contribution < 1.29 is 39.0 Å². The molecule has 0 aliphatic heterocycles.